The summed E-state index contributed by atoms with van der Waals surface area (Å²) in [6.45, 7) is 9.77. The minimum absolute atomic E-state index is 0.310. The van der Waals surface area contributed by atoms with Gasteiger partial charge < -0.3 is 14.8 Å². The summed E-state index contributed by atoms with van der Waals surface area (Å²) in [5.74, 6) is 0.289. The minimum Gasteiger partial charge on any atom is -0.497 e. The van der Waals surface area contributed by atoms with E-state index in [1.165, 1.54) is 6.07 Å². The van der Waals surface area contributed by atoms with Gasteiger partial charge in [0, 0.05) is 12.1 Å². The zero-order valence-electron chi connectivity index (χ0n) is 16.4. The normalized spacial score (nSPS) is 10.4. The molecule has 0 aliphatic carbocycles. The molecule has 0 saturated carbocycles. The van der Waals surface area contributed by atoms with E-state index in [0.717, 1.165) is 11.1 Å². The lowest BCUT2D eigenvalue weighted by atomic mass is 10.0. The first-order valence-corrected chi connectivity index (χ1v) is 8.68. The Morgan fingerprint density at radius 2 is 1.69 bits per heavy atom. The van der Waals surface area contributed by atoms with Crippen LogP contribution in [0.5, 0.6) is 5.75 Å². The number of rotatable bonds is 4. The van der Waals surface area contributed by atoms with Crippen molar-refractivity contribution in [3.8, 4) is 16.9 Å². The number of hydrogen-bond donors (Lipinski definition) is 1. The third kappa shape index (κ3) is 6.75. The van der Waals surface area contributed by atoms with Crippen LogP contribution in [0, 0.1) is 5.82 Å². The molecule has 4 nitrogen and oxygen atoms in total. The Hall–Kier alpha value is -2.56. The second kappa shape index (κ2) is 9.80. The van der Waals surface area contributed by atoms with E-state index in [0.29, 0.717) is 17.9 Å². The number of amides is 1. The largest absolute Gasteiger partial charge is 0.497 e. The van der Waals surface area contributed by atoms with Crippen molar-refractivity contribution < 1.29 is 18.7 Å². The van der Waals surface area contributed by atoms with Crippen LogP contribution in [0.3, 0.4) is 0 Å². The molecule has 5 heteroatoms. The second-order valence-corrected chi connectivity index (χ2v) is 6.40. The number of carbonyl (C=O) groups is 1. The lowest BCUT2D eigenvalue weighted by Gasteiger charge is -2.19. The summed E-state index contributed by atoms with van der Waals surface area (Å²) in [4.78, 5) is 11.6. The molecule has 0 atom stereocenters. The maximum Gasteiger partial charge on any atom is 0.407 e. The van der Waals surface area contributed by atoms with Gasteiger partial charge in [0.15, 0.2) is 0 Å². The summed E-state index contributed by atoms with van der Waals surface area (Å²) in [5.41, 5.74) is 1.58. The fraction of sp³-hybridized carbons (Fsp3) is 0.381. The first kappa shape index (κ1) is 21.5. The molecular formula is C21H28FNO3. The number of alkyl carbamates (subject to hydrolysis) is 1. The molecule has 0 unspecified atom stereocenters. The highest BCUT2D eigenvalue weighted by atomic mass is 19.1. The number of halogens is 1. The highest BCUT2D eigenvalue weighted by Crippen LogP contribution is 2.27. The molecule has 0 bridgehead atoms. The van der Waals surface area contributed by atoms with E-state index in [4.69, 9.17) is 9.47 Å². The van der Waals surface area contributed by atoms with E-state index in [2.05, 4.69) is 5.32 Å². The number of carbonyl (C=O) groups excluding carboxylic acids is 1. The standard InChI is InChI=1S/C19H22FNO3.C2H6/c1-19(2,3)24-18(22)21-12-13-5-7-14(8-6-13)16-11-15(23-4)9-10-17(16)20;1-2/h5-11H,12H2,1-4H3,(H,21,22);1-2H3. The van der Waals surface area contributed by atoms with Crippen LogP contribution in [0.4, 0.5) is 9.18 Å². The lowest BCUT2D eigenvalue weighted by Crippen LogP contribution is -2.32. The van der Waals surface area contributed by atoms with E-state index in [9.17, 15) is 9.18 Å². The van der Waals surface area contributed by atoms with Crippen molar-refractivity contribution >= 4 is 6.09 Å². The summed E-state index contributed by atoms with van der Waals surface area (Å²) in [7, 11) is 1.54. The molecule has 1 amide bonds. The van der Waals surface area contributed by atoms with Gasteiger partial charge in [-0.2, -0.15) is 0 Å². The van der Waals surface area contributed by atoms with Crippen molar-refractivity contribution in [3.05, 3.63) is 53.8 Å². The van der Waals surface area contributed by atoms with Crippen molar-refractivity contribution in [1.82, 2.24) is 5.32 Å². The van der Waals surface area contributed by atoms with Crippen LogP contribution in [-0.2, 0) is 11.3 Å². The predicted octanol–water partition coefficient (Wildman–Crippen LogP) is 5.55. The number of hydrogen-bond acceptors (Lipinski definition) is 3. The van der Waals surface area contributed by atoms with E-state index in [1.54, 1.807) is 19.2 Å². The van der Waals surface area contributed by atoms with Crippen LogP contribution in [0.2, 0.25) is 0 Å². The monoisotopic (exact) mass is 361 g/mol. The van der Waals surface area contributed by atoms with Gasteiger partial charge in [-0.05, 0) is 50.1 Å². The minimum atomic E-state index is -0.530. The highest BCUT2D eigenvalue weighted by Gasteiger charge is 2.15. The molecule has 0 heterocycles. The van der Waals surface area contributed by atoms with Crippen LogP contribution in [0.25, 0.3) is 11.1 Å². The molecule has 142 valence electrons. The SMILES string of the molecule is CC.COc1ccc(F)c(-c2ccc(CNC(=O)OC(C)(C)C)cc2)c1. The molecule has 2 aromatic rings. The second-order valence-electron chi connectivity index (χ2n) is 6.40. The summed E-state index contributed by atoms with van der Waals surface area (Å²) < 4.78 is 24.3. The first-order valence-electron chi connectivity index (χ1n) is 8.68. The van der Waals surface area contributed by atoms with E-state index in [1.807, 2.05) is 58.9 Å². The fourth-order valence-corrected chi connectivity index (χ4v) is 2.14. The molecule has 0 spiro atoms. The van der Waals surface area contributed by atoms with Gasteiger partial charge in [-0.3, -0.25) is 0 Å². The number of benzene rings is 2. The predicted molar refractivity (Wildman–Crippen MR) is 103 cm³/mol. The Balaban J connectivity index is 0.00000163. The van der Waals surface area contributed by atoms with Gasteiger partial charge in [-0.25, -0.2) is 9.18 Å². The van der Waals surface area contributed by atoms with E-state index < -0.39 is 11.7 Å². The fourth-order valence-electron chi connectivity index (χ4n) is 2.14. The number of ether oxygens (including phenoxy) is 2. The van der Waals surface area contributed by atoms with Crippen molar-refractivity contribution in [2.75, 3.05) is 7.11 Å². The quantitative estimate of drug-likeness (QED) is 0.776. The molecule has 0 fully saturated rings. The van der Waals surface area contributed by atoms with Gasteiger partial charge in [0.25, 0.3) is 0 Å². The Kier molecular flexibility index (Phi) is 8.10. The maximum atomic E-state index is 14.0. The number of methoxy groups -OCH3 is 1. The summed E-state index contributed by atoms with van der Waals surface area (Å²) >= 11 is 0. The van der Waals surface area contributed by atoms with Crippen LogP contribution in [0.1, 0.15) is 40.2 Å². The first-order chi connectivity index (χ1) is 12.3. The van der Waals surface area contributed by atoms with E-state index in [-0.39, 0.29) is 5.82 Å². The van der Waals surface area contributed by atoms with Gasteiger partial charge >= 0.3 is 6.09 Å². The topological polar surface area (TPSA) is 47.6 Å². The molecule has 26 heavy (non-hydrogen) atoms. The third-order valence-electron chi connectivity index (χ3n) is 3.27. The van der Waals surface area contributed by atoms with Gasteiger partial charge in [0.1, 0.15) is 17.2 Å². The molecular weight excluding hydrogens is 333 g/mol. The zero-order chi connectivity index (χ0) is 19.7. The summed E-state index contributed by atoms with van der Waals surface area (Å²) in [6.07, 6.45) is -0.467. The van der Waals surface area contributed by atoms with Crippen molar-refractivity contribution in [2.45, 2.75) is 46.8 Å². The third-order valence-corrected chi connectivity index (χ3v) is 3.27. The van der Waals surface area contributed by atoms with Gasteiger partial charge in [-0.15, -0.1) is 0 Å². The molecule has 0 radical (unpaired) electrons. The van der Waals surface area contributed by atoms with E-state index >= 15 is 0 Å². The molecule has 1 N–H and O–H groups in total. The molecule has 2 aromatic carbocycles. The van der Waals surface area contributed by atoms with Crippen LogP contribution >= 0.6 is 0 Å². The van der Waals surface area contributed by atoms with Crippen LogP contribution in [0.15, 0.2) is 42.5 Å². The highest BCUT2D eigenvalue weighted by molar-refractivity contribution is 5.68. The zero-order valence-corrected chi connectivity index (χ0v) is 16.4. The summed E-state index contributed by atoms with van der Waals surface area (Å²) in [5, 5.41) is 2.69. The molecule has 0 aliphatic heterocycles. The average molecular weight is 361 g/mol. The Bertz CT molecular complexity index is 706. The molecule has 0 saturated heterocycles. The van der Waals surface area contributed by atoms with Crippen LogP contribution in [-0.4, -0.2) is 18.8 Å². The Morgan fingerprint density at radius 1 is 1.08 bits per heavy atom. The van der Waals surface area contributed by atoms with Gasteiger partial charge in [-0.1, -0.05) is 38.1 Å². The summed E-state index contributed by atoms with van der Waals surface area (Å²) in [6, 6.07) is 11.9. The van der Waals surface area contributed by atoms with Gasteiger partial charge in [0.2, 0.25) is 0 Å². The van der Waals surface area contributed by atoms with Crippen molar-refractivity contribution in [2.24, 2.45) is 0 Å². The molecule has 0 aromatic heterocycles. The Labute approximate surface area is 155 Å². The lowest BCUT2D eigenvalue weighted by molar-refractivity contribution is 0.0523. The molecule has 2 rings (SSSR count). The van der Waals surface area contributed by atoms with Crippen molar-refractivity contribution in [3.63, 3.8) is 0 Å². The maximum absolute atomic E-state index is 14.0. The average Bonchev–Trinajstić information content (AvgIpc) is 2.61. The van der Waals surface area contributed by atoms with Gasteiger partial charge in [0.05, 0.1) is 7.11 Å². The Morgan fingerprint density at radius 3 is 2.23 bits per heavy atom. The number of nitrogens with one attached hydrogen (secondary N) is 1. The molecule has 0 aliphatic rings. The van der Waals surface area contributed by atoms with Crippen molar-refractivity contribution in [1.29, 1.82) is 0 Å². The van der Waals surface area contributed by atoms with Crippen LogP contribution < -0.4 is 10.1 Å². The smallest absolute Gasteiger partial charge is 0.407 e.